The van der Waals surface area contributed by atoms with Crippen LogP contribution in [-0.2, 0) is 4.74 Å². The molecule has 0 amide bonds. The highest BCUT2D eigenvalue weighted by Crippen LogP contribution is 2.34. The fourth-order valence-electron chi connectivity index (χ4n) is 2.43. The Morgan fingerprint density at radius 2 is 2.32 bits per heavy atom. The molecular weight excluding hydrogens is 242 g/mol. The lowest BCUT2D eigenvalue weighted by Crippen LogP contribution is -2.03. The van der Waals surface area contributed by atoms with Crippen LogP contribution in [0.25, 0.3) is 11.0 Å². The highest BCUT2D eigenvalue weighted by Gasteiger charge is 2.25. The van der Waals surface area contributed by atoms with E-state index in [4.69, 9.17) is 13.9 Å². The van der Waals surface area contributed by atoms with Crippen molar-refractivity contribution >= 4 is 16.9 Å². The van der Waals surface area contributed by atoms with E-state index in [1.807, 2.05) is 25.1 Å². The van der Waals surface area contributed by atoms with E-state index in [1.165, 1.54) is 0 Å². The first kappa shape index (κ1) is 12.1. The predicted molar refractivity (Wildman–Crippen MR) is 74.1 cm³/mol. The molecule has 0 bridgehead atoms. The minimum absolute atomic E-state index is 0.277. The fourth-order valence-corrected chi connectivity index (χ4v) is 2.43. The molecule has 3 rings (SSSR count). The summed E-state index contributed by atoms with van der Waals surface area (Å²) in [7, 11) is 1.66. The summed E-state index contributed by atoms with van der Waals surface area (Å²) in [5.74, 6) is 2.84. The van der Waals surface area contributed by atoms with Crippen LogP contribution in [0.2, 0.25) is 0 Å². The molecule has 0 radical (unpaired) electrons. The van der Waals surface area contributed by atoms with Gasteiger partial charge >= 0.3 is 0 Å². The summed E-state index contributed by atoms with van der Waals surface area (Å²) in [6, 6.07) is 7.99. The van der Waals surface area contributed by atoms with Crippen LogP contribution in [0.15, 0.2) is 33.7 Å². The molecule has 2 aromatic rings. The molecule has 19 heavy (non-hydrogen) atoms. The van der Waals surface area contributed by atoms with Crippen molar-refractivity contribution in [2.75, 3.05) is 20.3 Å². The van der Waals surface area contributed by atoms with Crippen LogP contribution in [0.4, 0.5) is 0 Å². The van der Waals surface area contributed by atoms with Gasteiger partial charge in [-0.2, -0.15) is 0 Å². The zero-order valence-corrected chi connectivity index (χ0v) is 11.2. The van der Waals surface area contributed by atoms with Crippen molar-refractivity contribution in [3.05, 3.63) is 30.0 Å². The Morgan fingerprint density at radius 3 is 3.11 bits per heavy atom. The van der Waals surface area contributed by atoms with Gasteiger partial charge in [-0.3, -0.25) is 4.99 Å². The number of para-hydroxylation sites is 1. The topological polar surface area (TPSA) is 44.0 Å². The SMILES string of the molecule is CCOC1=NCC(c2cc3cccc(OC)c3o2)C1. The maximum absolute atomic E-state index is 5.95. The van der Waals surface area contributed by atoms with Crippen LogP contribution in [0.1, 0.15) is 25.0 Å². The molecular formula is C15H17NO3. The Kier molecular flexibility index (Phi) is 3.15. The predicted octanol–water partition coefficient (Wildman–Crippen LogP) is 3.36. The molecule has 4 nitrogen and oxygen atoms in total. The molecule has 1 aliphatic rings. The van der Waals surface area contributed by atoms with Gasteiger partial charge in [-0.25, -0.2) is 0 Å². The molecule has 1 aromatic carbocycles. The number of hydrogen-bond donors (Lipinski definition) is 0. The van der Waals surface area contributed by atoms with Crippen molar-refractivity contribution in [2.45, 2.75) is 19.3 Å². The Balaban J connectivity index is 1.87. The number of ether oxygens (including phenoxy) is 2. The van der Waals surface area contributed by atoms with Gasteiger partial charge in [-0.1, -0.05) is 12.1 Å². The number of hydrogen-bond acceptors (Lipinski definition) is 4. The number of aliphatic imine (C=N–C) groups is 1. The molecule has 1 unspecified atom stereocenters. The summed E-state index contributed by atoms with van der Waals surface area (Å²) in [4.78, 5) is 4.40. The Morgan fingerprint density at radius 1 is 1.42 bits per heavy atom. The van der Waals surface area contributed by atoms with Crippen molar-refractivity contribution in [1.82, 2.24) is 0 Å². The monoisotopic (exact) mass is 259 g/mol. The van der Waals surface area contributed by atoms with Crippen LogP contribution < -0.4 is 4.74 Å². The van der Waals surface area contributed by atoms with Gasteiger partial charge in [0.2, 0.25) is 0 Å². The fraction of sp³-hybridized carbons (Fsp3) is 0.400. The van der Waals surface area contributed by atoms with E-state index in [0.29, 0.717) is 6.61 Å². The van der Waals surface area contributed by atoms with Crippen molar-refractivity contribution in [3.63, 3.8) is 0 Å². The summed E-state index contributed by atoms with van der Waals surface area (Å²) in [6.45, 7) is 3.37. The number of benzene rings is 1. The second-order valence-corrected chi connectivity index (χ2v) is 4.60. The van der Waals surface area contributed by atoms with Crippen molar-refractivity contribution in [3.8, 4) is 5.75 Å². The molecule has 2 heterocycles. The molecule has 100 valence electrons. The van der Waals surface area contributed by atoms with Gasteiger partial charge in [-0.05, 0) is 19.1 Å². The number of nitrogens with zero attached hydrogens (tertiary/aromatic N) is 1. The van der Waals surface area contributed by atoms with E-state index in [2.05, 4.69) is 11.1 Å². The maximum Gasteiger partial charge on any atom is 0.183 e. The number of methoxy groups -OCH3 is 1. The van der Waals surface area contributed by atoms with Gasteiger partial charge in [0, 0.05) is 17.7 Å². The summed E-state index contributed by atoms with van der Waals surface area (Å²) in [5.41, 5.74) is 0.810. The molecule has 0 spiro atoms. The average Bonchev–Trinajstić information content (AvgIpc) is 3.04. The Bertz CT molecular complexity index is 615. The number of fused-ring (bicyclic) bond motifs is 1. The molecule has 0 saturated heterocycles. The van der Waals surface area contributed by atoms with Crippen molar-refractivity contribution in [2.24, 2.45) is 4.99 Å². The molecule has 1 aliphatic heterocycles. The highest BCUT2D eigenvalue weighted by atomic mass is 16.5. The first-order valence-electron chi connectivity index (χ1n) is 6.54. The van der Waals surface area contributed by atoms with E-state index in [-0.39, 0.29) is 5.92 Å². The normalized spacial score (nSPS) is 18.6. The molecule has 0 aliphatic carbocycles. The number of furan rings is 1. The molecule has 0 saturated carbocycles. The molecule has 1 aromatic heterocycles. The lowest BCUT2D eigenvalue weighted by atomic mass is 10.0. The zero-order chi connectivity index (χ0) is 13.2. The van der Waals surface area contributed by atoms with E-state index >= 15 is 0 Å². The smallest absolute Gasteiger partial charge is 0.183 e. The third-order valence-corrected chi connectivity index (χ3v) is 3.37. The second kappa shape index (κ2) is 4.96. The first-order valence-corrected chi connectivity index (χ1v) is 6.54. The van der Waals surface area contributed by atoms with Crippen molar-refractivity contribution in [1.29, 1.82) is 0 Å². The molecule has 1 atom stereocenters. The van der Waals surface area contributed by atoms with Gasteiger partial charge in [-0.15, -0.1) is 0 Å². The van der Waals surface area contributed by atoms with Gasteiger partial charge < -0.3 is 13.9 Å². The van der Waals surface area contributed by atoms with E-state index in [1.54, 1.807) is 7.11 Å². The van der Waals surface area contributed by atoms with Crippen LogP contribution in [0.3, 0.4) is 0 Å². The van der Waals surface area contributed by atoms with Crippen LogP contribution in [-0.4, -0.2) is 26.2 Å². The molecule has 0 fully saturated rings. The lowest BCUT2D eigenvalue weighted by molar-refractivity contribution is 0.319. The zero-order valence-electron chi connectivity index (χ0n) is 11.2. The van der Waals surface area contributed by atoms with E-state index < -0.39 is 0 Å². The second-order valence-electron chi connectivity index (χ2n) is 4.60. The third-order valence-electron chi connectivity index (χ3n) is 3.37. The van der Waals surface area contributed by atoms with Crippen molar-refractivity contribution < 1.29 is 13.9 Å². The maximum atomic E-state index is 5.95. The average molecular weight is 259 g/mol. The van der Waals surface area contributed by atoms with Gasteiger partial charge in [0.05, 0.1) is 20.3 Å². The van der Waals surface area contributed by atoms with Crippen LogP contribution in [0, 0.1) is 0 Å². The largest absolute Gasteiger partial charge is 0.493 e. The minimum atomic E-state index is 0.277. The van der Waals surface area contributed by atoms with Gasteiger partial charge in [0.15, 0.2) is 17.2 Å². The van der Waals surface area contributed by atoms with Gasteiger partial charge in [0.1, 0.15) is 5.76 Å². The highest BCUT2D eigenvalue weighted by molar-refractivity contribution is 5.84. The quantitative estimate of drug-likeness (QED) is 0.848. The summed E-state index contributed by atoms with van der Waals surface area (Å²) >= 11 is 0. The molecule has 0 N–H and O–H groups in total. The Hall–Kier alpha value is -1.97. The third kappa shape index (κ3) is 2.18. The first-order chi connectivity index (χ1) is 9.31. The van der Waals surface area contributed by atoms with Crippen LogP contribution in [0.5, 0.6) is 5.75 Å². The Labute approximate surface area is 112 Å². The van der Waals surface area contributed by atoms with Gasteiger partial charge in [0.25, 0.3) is 0 Å². The summed E-state index contributed by atoms with van der Waals surface area (Å²) in [5, 5.41) is 1.07. The van der Waals surface area contributed by atoms with Crippen LogP contribution >= 0.6 is 0 Å². The summed E-state index contributed by atoms with van der Waals surface area (Å²) in [6.07, 6.45) is 0.815. The number of rotatable bonds is 3. The van der Waals surface area contributed by atoms with E-state index in [0.717, 1.165) is 41.3 Å². The lowest BCUT2D eigenvalue weighted by Gasteiger charge is -2.05. The summed E-state index contributed by atoms with van der Waals surface area (Å²) < 4.78 is 16.7. The minimum Gasteiger partial charge on any atom is -0.493 e. The van der Waals surface area contributed by atoms with E-state index in [9.17, 15) is 0 Å². The molecule has 4 heteroatoms. The standard InChI is InChI=1S/C15H17NO3/c1-3-18-14-8-11(9-16-14)13-7-10-5-4-6-12(17-2)15(10)19-13/h4-7,11H,3,8-9H2,1-2H3.